The molecule has 0 saturated heterocycles. The van der Waals surface area contributed by atoms with Gasteiger partial charge in [-0.3, -0.25) is 0 Å². The fraction of sp³-hybridized carbons (Fsp3) is 0.300. The van der Waals surface area contributed by atoms with Crippen LogP contribution in [0.25, 0.3) is 0 Å². The lowest BCUT2D eigenvalue weighted by Gasteiger charge is -2.26. The normalized spacial score (nSPS) is 16.6. The largest absolute Gasteiger partial charge is 0.399 e. The first-order valence-electron chi connectivity index (χ1n) is 4.57. The molecular formula is C10H12BrN3. The maximum atomic E-state index is 5.71. The Morgan fingerprint density at radius 2 is 2.36 bits per heavy atom. The van der Waals surface area contributed by atoms with Crippen molar-refractivity contribution in [2.24, 2.45) is 0 Å². The van der Waals surface area contributed by atoms with Crippen molar-refractivity contribution in [3.63, 3.8) is 0 Å². The average molecular weight is 254 g/mol. The van der Waals surface area contributed by atoms with E-state index in [4.69, 9.17) is 5.73 Å². The fourth-order valence-corrected chi connectivity index (χ4v) is 2.04. The minimum Gasteiger partial charge on any atom is -0.399 e. The number of rotatable bonds is 1. The SMILES string of the molecule is Nc1ccnc(N2CCC=C(Br)C2)c1. The maximum absolute atomic E-state index is 5.71. The number of anilines is 2. The maximum Gasteiger partial charge on any atom is 0.130 e. The third kappa shape index (κ3) is 2.07. The molecule has 0 aromatic carbocycles. The van der Waals surface area contributed by atoms with Gasteiger partial charge in [-0.15, -0.1) is 0 Å². The lowest BCUT2D eigenvalue weighted by molar-refractivity contribution is 0.801. The molecule has 0 aliphatic carbocycles. The van der Waals surface area contributed by atoms with E-state index in [0.29, 0.717) is 0 Å². The van der Waals surface area contributed by atoms with Crippen molar-refractivity contribution in [3.8, 4) is 0 Å². The number of hydrogen-bond donors (Lipinski definition) is 1. The Labute approximate surface area is 91.7 Å². The molecule has 0 fully saturated rings. The minimum absolute atomic E-state index is 0.765. The highest BCUT2D eigenvalue weighted by Gasteiger charge is 2.12. The zero-order chi connectivity index (χ0) is 9.97. The van der Waals surface area contributed by atoms with Crippen LogP contribution in [0.2, 0.25) is 0 Å². The Morgan fingerprint density at radius 1 is 1.50 bits per heavy atom. The van der Waals surface area contributed by atoms with E-state index in [1.165, 1.54) is 4.48 Å². The second-order valence-electron chi connectivity index (χ2n) is 3.31. The van der Waals surface area contributed by atoms with Crippen molar-refractivity contribution in [1.29, 1.82) is 0 Å². The van der Waals surface area contributed by atoms with Crippen LogP contribution < -0.4 is 10.6 Å². The average Bonchev–Trinajstić information content (AvgIpc) is 2.18. The summed E-state index contributed by atoms with van der Waals surface area (Å²) < 4.78 is 1.22. The number of aromatic nitrogens is 1. The summed E-state index contributed by atoms with van der Waals surface area (Å²) in [6, 6.07) is 3.71. The number of pyridine rings is 1. The summed E-state index contributed by atoms with van der Waals surface area (Å²) in [5, 5.41) is 0. The second-order valence-corrected chi connectivity index (χ2v) is 4.33. The third-order valence-electron chi connectivity index (χ3n) is 2.20. The Hall–Kier alpha value is -1.03. The quantitative estimate of drug-likeness (QED) is 0.834. The molecule has 0 amide bonds. The Morgan fingerprint density at radius 3 is 3.07 bits per heavy atom. The van der Waals surface area contributed by atoms with E-state index in [1.54, 1.807) is 12.3 Å². The Bertz CT molecular complexity index is 362. The molecule has 0 bridgehead atoms. The van der Waals surface area contributed by atoms with Crippen LogP contribution in [0.5, 0.6) is 0 Å². The summed E-state index contributed by atoms with van der Waals surface area (Å²) in [5.41, 5.74) is 6.47. The lowest BCUT2D eigenvalue weighted by atomic mass is 10.2. The van der Waals surface area contributed by atoms with Gasteiger partial charge in [-0.2, -0.15) is 0 Å². The Balaban J connectivity index is 2.19. The van der Waals surface area contributed by atoms with Crippen LogP contribution in [0, 0.1) is 0 Å². The predicted molar refractivity (Wildman–Crippen MR) is 62.5 cm³/mol. The van der Waals surface area contributed by atoms with Gasteiger partial charge in [0.2, 0.25) is 0 Å². The zero-order valence-electron chi connectivity index (χ0n) is 7.78. The van der Waals surface area contributed by atoms with E-state index in [2.05, 4.69) is 31.9 Å². The van der Waals surface area contributed by atoms with Crippen LogP contribution in [0.1, 0.15) is 6.42 Å². The molecule has 74 valence electrons. The summed E-state index contributed by atoms with van der Waals surface area (Å²) in [6.45, 7) is 1.89. The Kier molecular flexibility index (Phi) is 2.72. The smallest absolute Gasteiger partial charge is 0.130 e. The highest BCUT2D eigenvalue weighted by atomic mass is 79.9. The van der Waals surface area contributed by atoms with Gasteiger partial charge >= 0.3 is 0 Å². The van der Waals surface area contributed by atoms with Gasteiger partial charge < -0.3 is 10.6 Å². The first-order valence-corrected chi connectivity index (χ1v) is 5.36. The summed E-state index contributed by atoms with van der Waals surface area (Å²) in [4.78, 5) is 6.50. The van der Waals surface area contributed by atoms with E-state index < -0.39 is 0 Å². The van der Waals surface area contributed by atoms with E-state index >= 15 is 0 Å². The van der Waals surface area contributed by atoms with Crippen molar-refractivity contribution in [1.82, 2.24) is 4.98 Å². The number of nitrogen functional groups attached to an aromatic ring is 1. The standard InChI is InChI=1S/C10H12BrN3/c11-8-2-1-5-14(7-8)10-6-9(12)3-4-13-10/h2-4,6H,1,5,7H2,(H2,12,13). The van der Waals surface area contributed by atoms with Crippen molar-refractivity contribution >= 4 is 27.4 Å². The van der Waals surface area contributed by atoms with Crippen LogP contribution >= 0.6 is 15.9 Å². The summed E-state index contributed by atoms with van der Waals surface area (Å²) >= 11 is 3.50. The number of nitrogens with zero attached hydrogens (tertiary/aromatic N) is 2. The molecule has 1 aliphatic rings. The molecule has 2 rings (SSSR count). The number of nitrogens with two attached hydrogens (primary N) is 1. The van der Waals surface area contributed by atoms with Gasteiger partial charge in [0.15, 0.2) is 0 Å². The van der Waals surface area contributed by atoms with Crippen LogP contribution in [-0.4, -0.2) is 18.1 Å². The van der Waals surface area contributed by atoms with Gasteiger partial charge in [0.05, 0.1) is 6.54 Å². The van der Waals surface area contributed by atoms with Crippen molar-refractivity contribution in [2.45, 2.75) is 6.42 Å². The van der Waals surface area contributed by atoms with Crippen molar-refractivity contribution in [3.05, 3.63) is 28.9 Å². The van der Waals surface area contributed by atoms with E-state index in [9.17, 15) is 0 Å². The van der Waals surface area contributed by atoms with Crippen LogP contribution in [-0.2, 0) is 0 Å². The second kappa shape index (κ2) is 4.00. The highest BCUT2D eigenvalue weighted by molar-refractivity contribution is 9.11. The molecule has 3 nitrogen and oxygen atoms in total. The third-order valence-corrected chi connectivity index (χ3v) is 2.77. The fourth-order valence-electron chi connectivity index (χ4n) is 1.51. The monoisotopic (exact) mass is 253 g/mol. The molecule has 14 heavy (non-hydrogen) atoms. The molecule has 1 aliphatic heterocycles. The van der Waals surface area contributed by atoms with E-state index in [1.807, 2.05) is 6.07 Å². The predicted octanol–water partition coefficient (Wildman–Crippen LogP) is 2.15. The molecule has 0 atom stereocenters. The van der Waals surface area contributed by atoms with Gasteiger partial charge in [-0.25, -0.2) is 4.98 Å². The zero-order valence-corrected chi connectivity index (χ0v) is 9.37. The van der Waals surface area contributed by atoms with Crippen LogP contribution in [0.3, 0.4) is 0 Å². The van der Waals surface area contributed by atoms with Gasteiger partial charge in [0, 0.05) is 29.0 Å². The molecule has 2 N–H and O–H groups in total. The molecule has 1 aromatic heterocycles. The lowest BCUT2D eigenvalue weighted by Crippen LogP contribution is -2.29. The minimum atomic E-state index is 0.765. The molecule has 4 heteroatoms. The topological polar surface area (TPSA) is 42.1 Å². The van der Waals surface area contributed by atoms with Gasteiger partial charge in [0.1, 0.15) is 5.82 Å². The molecular weight excluding hydrogens is 242 g/mol. The van der Waals surface area contributed by atoms with Crippen LogP contribution in [0.15, 0.2) is 28.9 Å². The number of hydrogen-bond acceptors (Lipinski definition) is 3. The van der Waals surface area contributed by atoms with Crippen molar-refractivity contribution in [2.75, 3.05) is 23.7 Å². The molecule has 0 saturated carbocycles. The molecule has 1 aromatic rings. The van der Waals surface area contributed by atoms with Crippen LogP contribution in [0.4, 0.5) is 11.5 Å². The summed E-state index contributed by atoms with van der Waals surface area (Å²) in [7, 11) is 0. The van der Waals surface area contributed by atoms with E-state index in [-0.39, 0.29) is 0 Å². The van der Waals surface area contributed by atoms with Gasteiger partial charge in [-0.05, 0) is 12.5 Å². The first-order chi connectivity index (χ1) is 6.75. The molecule has 2 heterocycles. The summed E-state index contributed by atoms with van der Waals surface area (Å²) in [6.07, 6.45) is 5.00. The molecule has 0 unspecified atom stereocenters. The first kappa shape index (κ1) is 9.52. The molecule has 0 spiro atoms. The van der Waals surface area contributed by atoms with E-state index in [0.717, 1.165) is 31.0 Å². The molecule has 0 radical (unpaired) electrons. The number of halogens is 1. The van der Waals surface area contributed by atoms with Gasteiger partial charge in [0.25, 0.3) is 0 Å². The van der Waals surface area contributed by atoms with Gasteiger partial charge in [-0.1, -0.05) is 22.0 Å². The highest BCUT2D eigenvalue weighted by Crippen LogP contribution is 2.21. The van der Waals surface area contributed by atoms with Crippen molar-refractivity contribution < 1.29 is 0 Å². The summed E-state index contributed by atoms with van der Waals surface area (Å²) in [5.74, 6) is 0.954.